The van der Waals surface area contributed by atoms with E-state index in [4.69, 9.17) is 5.11 Å². The van der Waals surface area contributed by atoms with Gasteiger partial charge in [0.1, 0.15) is 5.92 Å². The van der Waals surface area contributed by atoms with Gasteiger partial charge in [-0.1, -0.05) is 24.3 Å². The zero-order valence-corrected chi connectivity index (χ0v) is 9.96. The molecule has 1 aliphatic rings. The molecule has 0 heterocycles. The summed E-state index contributed by atoms with van der Waals surface area (Å²) in [7, 11) is 0. The van der Waals surface area contributed by atoms with Gasteiger partial charge in [0.2, 0.25) is 5.91 Å². The maximum Gasteiger partial charge on any atom is 0.315 e. The second-order valence-electron chi connectivity index (χ2n) is 4.52. The Kier molecular flexibility index (Phi) is 3.34. The third kappa shape index (κ3) is 2.22. The first-order valence-electron chi connectivity index (χ1n) is 5.79. The Balaban J connectivity index is 2.15. The van der Waals surface area contributed by atoms with Crippen LogP contribution in [0.4, 0.5) is 0 Å². The van der Waals surface area contributed by atoms with E-state index in [9.17, 15) is 14.7 Å². The van der Waals surface area contributed by atoms with Crippen molar-refractivity contribution in [3.63, 3.8) is 0 Å². The number of carboxylic acid groups (broad SMARTS) is 1. The van der Waals surface area contributed by atoms with Crippen molar-refractivity contribution in [2.24, 2.45) is 5.92 Å². The summed E-state index contributed by atoms with van der Waals surface area (Å²) in [6.07, 6.45) is -0.227. The normalized spacial score (nSPS) is 23.2. The quantitative estimate of drug-likeness (QED) is 0.680. The van der Waals surface area contributed by atoms with Crippen molar-refractivity contribution < 1.29 is 19.8 Å². The van der Waals surface area contributed by atoms with E-state index in [0.29, 0.717) is 6.42 Å². The summed E-state index contributed by atoms with van der Waals surface area (Å²) in [5.74, 6) is -2.87. The fraction of sp³-hybridized carbons (Fsp3) is 0.385. The van der Waals surface area contributed by atoms with E-state index in [1.165, 1.54) is 6.92 Å². The van der Waals surface area contributed by atoms with E-state index in [1.54, 1.807) is 0 Å². The summed E-state index contributed by atoms with van der Waals surface area (Å²) < 4.78 is 0. The molecule has 0 spiro atoms. The van der Waals surface area contributed by atoms with Crippen molar-refractivity contribution in [3.8, 4) is 0 Å². The lowest BCUT2D eigenvalue weighted by atomic mass is 10.1. The average molecular weight is 249 g/mol. The number of aliphatic carboxylic acids is 1. The van der Waals surface area contributed by atoms with E-state index in [1.807, 2.05) is 24.3 Å². The van der Waals surface area contributed by atoms with Crippen LogP contribution in [0, 0.1) is 5.92 Å². The van der Waals surface area contributed by atoms with Crippen LogP contribution in [0.15, 0.2) is 24.3 Å². The predicted octanol–water partition coefficient (Wildman–Crippen LogP) is 0.482. The van der Waals surface area contributed by atoms with Crippen LogP contribution in [-0.4, -0.2) is 28.2 Å². The molecule has 0 bridgehead atoms. The Morgan fingerprint density at radius 3 is 2.72 bits per heavy atom. The van der Waals surface area contributed by atoms with Gasteiger partial charge in [0.25, 0.3) is 0 Å². The number of hydrogen-bond donors (Lipinski definition) is 3. The van der Waals surface area contributed by atoms with Gasteiger partial charge < -0.3 is 15.5 Å². The number of carbonyl (C=O) groups is 2. The first-order valence-corrected chi connectivity index (χ1v) is 5.79. The molecule has 18 heavy (non-hydrogen) atoms. The molecule has 0 aromatic heterocycles. The highest BCUT2D eigenvalue weighted by Crippen LogP contribution is 2.31. The first kappa shape index (κ1) is 12.6. The minimum Gasteiger partial charge on any atom is -0.481 e. The summed E-state index contributed by atoms with van der Waals surface area (Å²) in [6.45, 7) is 1.32. The number of fused-ring (bicyclic) bond motifs is 1. The summed E-state index contributed by atoms with van der Waals surface area (Å²) in [4.78, 5) is 22.4. The monoisotopic (exact) mass is 249 g/mol. The highest BCUT2D eigenvalue weighted by Gasteiger charge is 2.33. The number of amides is 1. The number of aliphatic hydroxyl groups is 1. The Morgan fingerprint density at radius 2 is 2.06 bits per heavy atom. The van der Waals surface area contributed by atoms with Crippen molar-refractivity contribution in [1.29, 1.82) is 0 Å². The fourth-order valence-corrected chi connectivity index (χ4v) is 2.14. The van der Waals surface area contributed by atoms with Crippen LogP contribution in [0.2, 0.25) is 0 Å². The number of aliphatic hydroxyl groups excluding tert-OH is 1. The molecule has 5 heteroatoms. The van der Waals surface area contributed by atoms with Gasteiger partial charge in [-0.05, 0) is 18.1 Å². The Hall–Kier alpha value is -1.88. The topological polar surface area (TPSA) is 86.6 Å². The molecule has 96 valence electrons. The van der Waals surface area contributed by atoms with Gasteiger partial charge in [0, 0.05) is 6.42 Å². The van der Waals surface area contributed by atoms with Crippen LogP contribution in [0.1, 0.15) is 24.1 Å². The largest absolute Gasteiger partial charge is 0.481 e. The highest BCUT2D eigenvalue weighted by molar-refractivity contribution is 5.96. The van der Waals surface area contributed by atoms with E-state index in [2.05, 4.69) is 5.32 Å². The van der Waals surface area contributed by atoms with Gasteiger partial charge in [0.15, 0.2) is 0 Å². The maximum absolute atomic E-state index is 11.7. The van der Waals surface area contributed by atoms with Crippen molar-refractivity contribution in [2.75, 3.05) is 0 Å². The molecule has 3 N–H and O–H groups in total. The lowest BCUT2D eigenvalue weighted by Crippen LogP contribution is -2.39. The van der Waals surface area contributed by atoms with Crippen LogP contribution in [0.25, 0.3) is 0 Å². The molecule has 0 aliphatic heterocycles. The third-order valence-corrected chi connectivity index (χ3v) is 3.27. The number of benzene rings is 1. The molecule has 1 unspecified atom stereocenters. The predicted molar refractivity (Wildman–Crippen MR) is 63.8 cm³/mol. The molecule has 1 amide bonds. The zero-order chi connectivity index (χ0) is 13.3. The minimum atomic E-state index is -1.17. The van der Waals surface area contributed by atoms with Crippen LogP contribution >= 0.6 is 0 Å². The SMILES string of the molecule is CC(C(=O)O)C(=O)N[C@H]1c2ccccc2C[C@H]1O. The van der Waals surface area contributed by atoms with Gasteiger partial charge >= 0.3 is 5.97 Å². The Morgan fingerprint density at radius 1 is 1.39 bits per heavy atom. The molecule has 5 nitrogen and oxygen atoms in total. The molecule has 2 rings (SSSR count). The van der Waals surface area contributed by atoms with E-state index in [0.717, 1.165) is 11.1 Å². The van der Waals surface area contributed by atoms with E-state index in [-0.39, 0.29) is 0 Å². The summed E-state index contributed by atoms with van der Waals surface area (Å²) >= 11 is 0. The second kappa shape index (κ2) is 4.78. The van der Waals surface area contributed by atoms with Crippen LogP contribution in [0.5, 0.6) is 0 Å². The van der Waals surface area contributed by atoms with Crippen molar-refractivity contribution in [2.45, 2.75) is 25.5 Å². The van der Waals surface area contributed by atoms with Gasteiger partial charge in [0.05, 0.1) is 12.1 Å². The molecule has 1 aromatic rings. The molecule has 0 saturated heterocycles. The number of hydrogen-bond acceptors (Lipinski definition) is 3. The molecule has 0 radical (unpaired) electrons. The molecule has 1 aliphatic carbocycles. The van der Waals surface area contributed by atoms with Gasteiger partial charge in [-0.2, -0.15) is 0 Å². The van der Waals surface area contributed by atoms with E-state index >= 15 is 0 Å². The lowest BCUT2D eigenvalue weighted by molar-refractivity contribution is -0.146. The van der Waals surface area contributed by atoms with Gasteiger partial charge in [-0.3, -0.25) is 9.59 Å². The van der Waals surface area contributed by atoms with Gasteiger partial charge in [-0.15, -0.1) is 0 Å². The maximum atomic E-state index is 11.7. The number of nitrogens with one attached hydrogen (secondary N) is 1. The number of rotatable bonds is 3. The highest BCUT2D eigenvalue weighted by atomic mass is 16.4. The molecule has 0 saturated carbocycles. The van der Waals surface area contributed by atoms with Crippen LogP contribution in [-0.2, 0) is 16.0 Å². The third-order valence-electron chi connectivity index (χ3n) is 3.27. The minimum absolute atomic E-state index is 0.475. The average Bonchev–Trinajstić information content (AvgIpc) is 2.65. The fourth-order valence-electron chi connectivity index (χ4n) is 2.14. The van der Waals surface area contributed by atoms with Crippen molar-refractivity contribution >= 4 is 11.9 Å². The number of carbonyl (C=O) groups excluding carboxylic acids is 1. The Bertz CT molecular complexity index is 486. The summed E-state index contributed by atoms with van der Waals surface area (Å²) in [5, 5.41) is 21.3. The zero-order valence-electron chi connectivity index (χ0n) is 9.96. The summed E-state index contributed by atoms with van der Waals surface area (Å²) in [6, 6.07) is 6.91. The first-order chi connectivity index (χ1) is 8.50. The van der Waals surface area contributed by atoms with Crippen molar-refractivity contribution in [3.05, 3.63) is 35.4 Å². The molecule has 0 fully saturated rings. The summed E-state index contributed by atoms with van der Waals surface area (Å²) in [5.41, 5.74) is 1.84. The Labute approximate surface area is 104 Å². The molecular formula is C13H15NO4. The molecule has 1 aromatic carbocycles. The molecular weight excluding hydrogens is 234 g/mol. The standard InChI is InChI=1S/C13H15NO4/c1-7(13(17)18)12(16)14-11-9-5-3-2-4-8(9)6-10(11)15/h2-5,7,10-11,15H,6H2,1H3,(H,14,16)(H,17,18)/t7?,10-,11+/m1/s1. The number of carboxylic acids is 1. The van der Waals surface area contributed by atoms with Gasteiger partial charge in [-0.25, -0.2) is 0 Å². The van der Waals surface area contributed by atoms with E-state index < -0.39 is 29.9 Å². The van der Waals surface area contributed by atoms with Crippen molar-refractivity contribution in [1.82, 2.24) is 5.32 Å². The van der Waals surface area contributed by atoms with Crippen LogP contribution < -0.4 is 5.32 Å². The molecule has 3 atom stereocenters. The second-order valence-corrected chi connectivity index (χ2v) is 4.52. The van der Waals surface area contributed by atoms with Crippen LogP contribution in [0.3, 0.4) is 0 Å². The lowest BCUT2D eigenvalue weighted by Gasteiger charge is -2.19. The smallest absolute Gasteiger partial charge is 0.315 e.